The van der Waals surface area contributed by atoms with Crippen LogP contribution in [0.1, 0.15) is 0 Å². The maximum absolute atomic E-state index is 6.28. The van der Waals surface area contributed by atoms with Gasteiger partial charge in [-0.05, 0) is 17.7 Å². The molecule has 108 valence electrons. The van der Waals surface area contributed by atoms with Crippen LogP contribution in [0.25, 0.3) is 11.1 Å². The van der Waals surface area contributed by atoms with Crippen LogP contribution >= 0.6 is 23.2 Å². The summed E-state index contributed by atoms with van der Waals surface area (Å²) >= 11 is 12.6. The minimum atomic E-state index is -0.172. The number of hydrogen-bond donors (Lipinski definition) is 3. The Morgan fingerprint density at radius 3 is 2.00 bits per heavy atom. The molecule has 0 unspecified atom stereocenters. The average Bonchev–Trinajstić information content (AvgIpc) is 2.37. The van der Waals surface area contributed by atoms with Gasteiger partial charge in [-0.25, -0.2) is 4.99 Å². The fourth-order valence-electron chi connectivity index (χ4n) is 1.79. The predicted octanol–water partition coefficient (Wildman–Crippen LogP) is 2.88. The quantitative estimate of drug-likeness (QED) is 0.585. The monoisotopic (exact) mass is 321 g/mol. The van der Waals surface area contributed by atoms with Crippen molar-refractivity contribution in [2.45, 2.75) is 0 Å². The Kier molecular flexibility index (Phi) is 4.67. The van der Waals surface area contributed by atoms with E-state index in [-0.39, 0.29) is 11.9 Å². The van der Waals surface area contributed by atoms with Crippen LogP contribution in [-0.2, 0) is 0 Å². The summed E-state index contributed by atoms with van der Waals surface area (Å²) in [6, 6.07) is 12.9. The van der Waals surface area contributed by atoms with Gasteiger partial charge in [0.25, 0.3) is 0 Å². The van der Waals surface area contributed by atoms with Gasteiger partial charge in [0, 0.05) is 5.56 Å². The smallest absolute Gasteiger partial charge is 0.223 e. The highest BCUT2D eigenvalue weighted by atomic mass is 35.5. The molecule has 0 fully saturated rings. The van der Waals surface area contributed by atoms with Crippen molar-refractivity contribution >= 4 is 40.8 Å². The van der Waals surface area contributed by atoms with Gasteiger partial charge in [-0.15, -0.1) is 0 Å². The fraction of sp³-hybridized carbons (Fsp3) is 0. The summed E-state index contributed by atoms with van der Waals surface area (Å²) in [6.07, 6.45) is 0. The molecule has 0 bridgehead atoms. The van der Waals surface area contributed by atoms with Crippen molar-refractivity contribution in [2.75, 3.05) is 0 Å². The molecule has 0 spiro atoms. The van der Waals surface area contributed by atoms with E-state index in [1.807, 2.05) is 30.3 Å². The summed E-state index contributed by atoms with van der Waals surface area (Å²) in [5.74, 6) is -0.246. The maximum Gasteiger partial charge on any atom is 0.223 e. The van der Waals surface area contributed by atoms with Crippen LogP contribution in [0.4, 0.5) is 5.69 Å². The molecule has 0 heterocycles. The molecule has 2 rings (SSSR count). The summed E-state index contributed by atoms with van der Waals surface area (Å²) < 4.78 is 0. The lowest BCUT2D eigenvalue weighted by Gasteiger charge is -2.08. The zero-order valence-corrected chi connectivity index (χ0v) is 12.4. The van der Waals surface area contributed by atoms with Crippen molar-refractivity contribution < 1.29 is 0 Å². The Labute approximate surface area is 132 Å². The highest BCUT2D eigenvalue weighted by Crippen LogP contribution is 2.37. The Balaban J connectivity index is 2.45. The van der Waals surface area contributed by atoms with E-state index in [0.29, 0.717) is 15.7 Å². The molecular weight excluding hydrogens is 309 g/mol. The molecule has 0 aliphatic carbocycles. The summed E-state index contributed by atoms with van der Waals surface area (Å²) in [5.41, 5.74) is 18.1. The summed E-state index contributed by atoms with van der Waals surface area (Å²) in [4.78, 5) is 7.66. The molecule has 0 aromatic heterocycles. The number of nitrogens with zero attached hydrogens (tertiary/aromatic N) is 2. The SMILES string of the molecule is NC(N)=NC(N)=Nc1cc(Cl)c(-c2ccccc2)c(Cl)c1. The van der Waals surface area contributed by atoms with Gasteiger partial charge in [0.15, 0.2) is 5.96 Å². The summed E-state index contributed by atoms with van der Waals surface area (Å²) in [6.45, 7) is 0. The molecule has 0 radical (unpaired) electrons. The third-order valence-corrected chi connectivity index (χ3v) is 3.17. The average molecular weight is 322 g/mol. The van der Waals surface area contributed by atoms with Crippen molar-refractivity contribution in [1.82, 2.24) is 0 Å². The van der Waals surface area contributed by atoms with E-state index in [1.54, 1.807) is 12.1 Å². The fourth-order valence-corrected chi connectivity index (χ4v) is 2.49. The van der Waals surface area contributed by atoms with Gasteiger partial charge in [-0.3, -0.25) is 0 Å². The summed E-state index contributed by atoms with van der Waals surface area (Å²) in [5, 5.41) is 0.926. The second-order valence-corrected chi connectivity index (χ2v) is 4.97. The lowest BCUT2D eigenvalue weighted by molar-refractivity contribution is 1.38. The summed E-state index contributed by atoms with van der Waals surface area (Å²) in [7, 11) is 0. The third-order valence-electron chi connectivity index (χ3n) is 2.58. The Morgan fingerprint density at radius 1 is 0.905 bits per heavy atom. The topological polar surface area (TPSA) is 103 Å². The Bertz CT molecular complexity index is 684. The molecule has 6 N–H and O–H groups in total. The van der Waals surface area contributed by atoms with E-state index in [1.165, 1.54) is 0 Å². The molecule has 2 aromatic rings. The first-order valence-electron chi connectivity index (χ1n) is 5.95. The van der Waals surface area contributed by atoms with Crippen LogP contribution in [0.2, 0.25) is 10.0 Å². The predicted molar refractivity (Wildman–Crippen MR) is 89.0 cm³/mol. The number of nitrogens with two attached hydrogens (primary N) is 3. The van der Waals surface area contributed by atoms with Crippen molar-refractivity contribution in [2.24, 2.45) is 27.2 Å². The van der Waals surface area contributed by atoms with Gasteiger partial charge in [-0.1, -0.05) is 53.5 Å². The van der Waals surface area contributed by atoms with Crippen LogP contribution in [0.3, 0.4) is 0 Å². The van der Waals surface area contributed by atoms with Crippen LogP contribution in [-0.4, -0.2) is 11.9 Å². The molecule has 0 amide bonds. The normalized spacial score (nSPS) is 11.2. The largest absolute Gasteiger partial charge is 0.370 e. The van der Waals surface area contributed by atoms with E-state index in [0.717, 1.165) is 11.1 Å². The molecule has 0 saturated heterocycles. The van der Waals surface area contributed by atoms with Crippen LogP contribution in [0.5, 0.6) is 0 Å². The van der Waals surface area contributed by atoms with E-state index in [2.05, 4.69) is 9.98 Å². The first-order chi connectivity index (χ1) is 9.97. The van der Waals surface area contributed by atoms with Gasteiger partial charge in [-0.2, -0.15) is 4.99 Å². The van der Waals surface area contributed by atoms with Crippen molar-refractivity contribution in [1.29, 1.82) is 0 Å². The maximum atomic E-state index is 6.28. The Hall–Kier alpha value is -2.24. The van der Waals surface area contributed by atoms with Crippen LogP contribution < -0.4 is 17.2 Å². The highest BCUT2D eigenvalue weighted by molar-refractivity contribution is 6.39. The zero-order chi connectivity index (χ0) is 15.4. The number of hydrogen-bond acceptors (Lipinski definition) is 1. The van der Waals surface area contributed by atoms with E-state index >= 15 is 0 Å². The number of benzene rings is 2. The lowest BCUT2D eigenvalue weighted by Crippen LogP contribution is -2.26. The van der Waals surface area contributed by atoms with Gasteiger partial charge in [0.2, 0.25) is 5.96 Å². The minimum absolute atomic E-state index is 0.0744. The standard InChI is InChI=1S/C14H13Cl2N5/c15-10-6-9(20-14(19)21-13(17)18)7-11(16)12(10)8-4-2-1-3-5-8/h1-7H,(H6,17,18,19,20,21). The van der Waals surface area contributed by atoms with Gasteiger partial charge < -0.3 is 17.2 Å². The first-order valence-corrected chi connectivity index (χ1v) is 6.71. The molecule has 0 atom stereocenters. The second kappa shape index (κ2) is 6.47. The number of rotatable bonds is 2. The molecule has 5 nitrogen and oxygen atoms in total. The second-order valence-electron chi connectivity index (χ2n) is 4.16. The molecular formula is C14H13Cl2N5. The van der Waals surface area contributed by atoms with Crippen LogP contribution in [0.15, 0.2) is 52.4 Å². The first kappa shape index (κ1) is 15.2. The molecule has 0 aliphatic heterocycles. The van der Waals surface area contributed by atoms with Crippen LogP contribution in [0, 0.1) is 0 Å². The van der Waals surface area contributed by atoms with Gasteiger partial charge >= 0.3 is 0 Å². The Morgan fingerprint density at radius 2 is 1.48 bits per heavy atom. The highest BCUT2D eigenvalue weighted by Gasteiger charge is 2.10. The number of halogens is 2. The molecule has 0 aliphatic rings. The van der Waals surface area contributed by atoms with Gasteiger partial charge in [0.1, 0.15) is 0 Å². The van der Waals surface area contributed by atoms with E-state index < -0.39 is 0 Å². The minimum Gasteiger partial charge on any atom is -0.370 e. The molecule has 2 aromatic carbocycles. The van der Waals surface area contributed by atoms with Crippen molar-refractivity contribution in [3.8, 4) is 11.1 Å². The van der Waals surface area contributed by atoms with E-state index in [9.17, 15) is 0 Å². The molecule has 7 heteroatoms. The number of guanidine groups is 2. The third kappa shape index (κ3) is 3.87. The molecule has 0 saturated carbocycles. The lowest BCUT2D eigenvalue weighted by atomic mass is 10.1. The molecule has 21 heavy (non-hydrogen) atoms. The van der Waals surface area contributed by atoms with Crippen molar-refractivity contribution in [3.63, 3.8) is 0 Å². The number of aliphatic imine (C=N–C) groups is 2. The van der Waals surface area contributed by atoms with Gasteiger partial charge in [0.05, 0.1) is 15.7 Å². The zero-order valence-electron chi connectivity index (χ0n) is 10.9. The van der Waals surface area contributed by atoms with E-state index in [4.69, 9.17) is 40.4 Å². The van der Waals surface area contributed by atoms with Crippen molar-refractivity contribution in [3.05, 3.63) is 52.5 Å².